The number of ether oxygens (including phenoxy) is 4. The van der Waals surface area contributed by atoms with Gasteiger partial charge in [-0.15, -0.1) is 0 Å². The van der Waals surface area contributed by atoms with E-state index < -0.39 is 83.9 Å². The van der Waals surface area contributed by atoms with Crippen molar-refractivity contribution in [3.63, 3.8) is 0 Å². The van der Waals surface area contributed by atoms with Gasteiger partial charge in [0.05, 0.1) is 36.6 Å². The minimum Gasteiger partial charge on any atom is -0.456 e. The van der Waals surface area contributed by atoms with Gasteiger partial charge in [0.15, 0.2) is 5.78 Å². The zero-order valence-corrected chi connectivity index (χ0v) is 35.0. The smallest absolute Gasteiger partial charge is 0.329 e. The third kappa shape index (κ3) is 10.4. The average Bonchev–Trinajstić information content (AvgIpc) is 3.18. The number of ketones is 2. The minimum absolute atomic E-state index is 0.0176. The van der Waals surface area contributed by atoms with Crippen molar-refractivity contribution in [1.82, 2.24) is 4.90 Å². The molecule has 56 heavy (non-hydrogen) atoms. The van der Waals surface area contributed by atoms with Crippen molar-refractivity contribution in [2.24, 2.45) is 35.5 Å². The highest BCUT2D eigenvalue weighted by atomic mass is 16.7. The number of carbonyl (C=O) groups excluding carboxylic acids is 4. The Morgan fingerprint density at radius 2 is 1.59 bits per heavy atom. The summed E-state index contributed by atoms with van der Waals surface area (Å²) in [5, 5.41) is 45.5. The number of allylic oxidation sites excluding steroid dienone is 2. The second-order valence-corrected chi connectivity index (χ2v) is 17.4. The molecule has 0 aromatic rings. The molecule has 2 saturated heterocycles. The second-order valence-electron chi connectivity index (χ2n) is 17.4. The van der Waals surface area contributed by atoms with E-state index in [9.17, 15) is 39.6 Å². The van der Waals surface area contributed by atoms with Crippen molar-refractivity contribution in [3.05, 3.63) is 23.3 Å². The van der Waals surface area contributed by atoms with Crippen molar-refractivity contribution in [2.45, 2.75) is 167 Å². The average molecular weight is 792 g/mol. The molecule has 4 aliphatic rings. The Kier molecular flexibility index (Phi) is 16.5. The number of methoxy groups -OCH3 is 2. The first kappa shape index (κ1) is 46.2. The third-order valence-electron chi connectivity index (χ3n) is 13.2. The van der Waals surface area contributed by atoms with Gasteiger partial charge in [-0.3, -0.25) is 14.4 Å². The van der Waals surface area contributed by atoms with Crippen molar-refractivity contribution in [2.75, 3.05) is 20.8 Å². The maximum Gasteiger partial charge on any atom is 0.329 e. The lowest BCUT2D eigenvalue weighted by molar-refractivity contribution is -0.290. The summed E-state index contributed by atoms with van der Waals surface area (Å²) in [6.45, 7) is 12.7. The molecule has 0 spiro atoms. The van der Waals surface area contributed by atoms with Gasteiger partial charge in [0.2, 0.25) is 5.79 Å². The molecule has 10 unspecified atom stereocenters. The third-order valence-corrected chi connectivity index (χ3v) is 13.2. The first-order valence-electron chi connectivity index (χ1n) is 20.9. The number of rotatable bonds is 5. The summed E-state index contributed by atoms with van der Waals surface area (Å²) < 4.78 is 23.9. The molecule has 4 rings (SSSR count). The molecule has 15 atom stereocenters. The lowest BCUT2D eigenvalue weighted by Crippen LogP contribution is -2.63. The molecule has 0 radical (unpaired) electrons. The molecule has 318 valence electrons. The molecule has 2 bridgehead atoms. The number of amides is 1. The largest absolute Gasteiger partial charge is 0.456 e. The van der Waals surface area contributed by atoms with Gasteiger partial charge in [-0.05, 0) is 93.6 Å². The Bertz CT molecular complexity index is 1450. The summed E-state index contributed by atoms with van der Waals surface area (Å²) in [6, 6.07) is -1.14. The monoisotopic (exact) mass is 791 g/mol. The molecule has 0 aromatic heterocycles. The van der Waals surface area contributed by atoms with E-state index in [0.29, 0.717) is 62.5 Å². The maximum absolute atomic E-state index is 14.3. The van der Waals surface area contributed by atoms with Crippen molar-refractivity contribution in [1.29, 1.82) is 0 Å². The molecule has 3 heterocycles. The number of hydrogen-bond donors (Lipinski definition) is 4. The van der Waals surface area contributed by atoms with Crippen LogP contribution in [0.3, 0.4) is 0 Å². The number of esters is 1. The summed E-state index contributed by atoms with van der Waals surface area (Å²) in [6.07, 6.45) is 2.04. The highest BCUT2D eigenvalue weighted by Crippen LogP contribution is 2.41. The summed E-state index contributed by atoms with van der Waals surface area (Å²) in [4.78, 5) is 57.5. The maximum atomic E-state index is 14.3. The molecule has 13 nitrogen and oxygen atoms in total. The van der Waals surface area contributed by atoms with E-state index in [2.05, 4.69) is 0 Å². The van der Waals surface area contributed by atoms with Crippen LogP contribution >= 0.6 is 0 Å². The van der Waals surface area contributed by atoms with Gasteiger partial charge < -0.3 is 44.3 Å². The van der Waals surface area contributed by atoms with Crippen LogP contribution in [0.4, 0.5) is 0 Å². The Morgan fingerprint density at radius 1 is 0.911 bits per heavy atom. The van der Waals surface area contributed by atoms with E-state index in [1.165, 1.54) is 12.0 Å². The van der Waals surface area contributed by atoms with Gasteiger partial charge in [-0.2, -0.15) is 0 Å². The van der Waals surface area contributed by atoms with Crippen LogP contribution in [0.2, 0.25) is 0 Å². The quantitative estimate of drug-likeness (QED) is 0.178. The summed E-state index contributed by atoms with van der Waals surface area (Å²) in [5.74, 6) is -8.26. The number of nitrogens with zero attached hydrogens (tertiary/aromatic N) is 1. The zero-order valence-electron chi connectivity index (χ0n) is 35.0. The van der Waals surface area contributed by atoms with Crippen molar-refractivity contribution < 1.29 is 58.6 Å². The van der Waals surface area contributed by atoms with Gasteiger partial charge >= 0.3 is 5.97 Å². The fourth-order valence-corrected chi connectivity index (χ4v) is 9.47. The van der Waals surface area contributed by atoms with Gasteiger partial charge in [0.1, 0.15) is 12.1 Å². The topological polar surface area (TPSA) is 189 Å². The Hall–Kier alpha value is -2.52. The number of carbonyl (C=O) groups is 4. The van der Waals surface area contributed by atoms with E-state index in [4.69, 9.17) is 18.9 Å². The van der Waals surface area contributed by atoms with Crippen LogP contribution < -0.4 is 0 Å². The molecular formula is C43H69NO12. The van der Waals surface area contributed by atoms with Crippen LogP contribution in [0, 0.1) is 35.5 Å². The van der Waals surface area contributed by atoms with Crippen LogP contribution in [-0.2, 0) is 38.1 Å². The fraction of sp³-hybridized carbons (Fsp3) is 0.814. The predicted octanol–water partition coefficient (Wildman–Crippen LogP) is 4.06. The Balaban J connectivity index is 1.78. The van der Waals surface area contributed by atoms with E-state index in [1.807, 2.05) is 33.8 Å². The van der Waals surface area contributed by atoms with E-state index in [1.54, 1.807) is 34.0 Å². The molecule has 0 aromatic carbocycles. The minimum atomic E-state index is -2.49. The number of Topliss-reactive ketones (excluding diaryl/α,β-unsaturated/α-hetero) is 2. The van der Waals surface area contributed by atoms with Gasteiger partial charge in [0, 0.05) is 44.9 Å². The van der Waals surface area contributed by atoms with Gasteiger partial charge in [-0.1, -0.05) is 53.7 Å². The SMILES string of the molecule is CCC1=CC(C)C(O)[C@H](C)CC(OC)C2OC(O)(C(=O)C(=O)N3CCCCC3C(=O)OC(C(C)=C[C@@H]3CCC(O)C(OC)C3)[C@H](C)C(O)CC1=O)[C@H](C)C[C@@H]2C. The number of aliphatic hydroxyl groups is 4. The normalized spacial score (nSPS) is 42.0. The second kappa shape index (κ2) is 20.0. The van der Waals surface area contributed by atoms with Crippen molar-refractivity contribution in [3.8, 4) is 0 Å². The van der Waals surface area contributed by atoms with Gasteiger partial charge in [-0.25, -0.2) is 4.79 Å². The summed E-state index contributed by atoms with van der Waals surface area (Å²) in [5.41, 5.74) is 1.11. The number of fused-ring (bicyclic) bond motifs is 3. The van der Waals surface area contributed by atoms with E-state index in [-0.39, 0.29) is 49.0 Å². The summed E-state index contributed by atoms with van der Waals surface area (Å²) in [7, 11) is 3.05. The predicted molar refractivity (Wildman–Crippen MR) is 208 cm³/mol. The first-order chi connectivity index (χ1) is 26.4. The molecule has 13 heteroatoms. The van der Waals surface area contributed by atoms with Crippen LogP contribution in [0.5, 0.6) is 0 Å². The fourth-order valence-electron chi connectivity index (χ4n) is 9.47. The standard InChI is InChI=1S/C43H69NO12/c1-10-30-19-23(2)37(48)24(3)20-36(54-9)39-25(4)17-27(6)43(52,56-39)40(49)41(50)44-16-12-11-13-31(44)42(51)55-38(28(7)33(46)22-34(30)47)26(5)18-29-14-15-32(45)35(21-29)53-8/h18-19,23-25,27-29,31-33,35-39,45-46,48,52H,10-17,20-22H2,1-9H3/t23?,24-,25+,27-,28-,29+,31?,32?,33?,35?,36?,37?,38?,39?,43?/m1/s1. The molecule has 1 saturated carbocycles. The lowest BCUT2D eigenvalue weighted by atomic mass is 9.78. The van der Waals surface area contributed by atoms with Gasteiger partial charge in [0.25, 0.3) is 11.7 Å². The number of piperidine rings is 1. The van der Waals surface area contributed by atoms with E-state index >= 15 is 0 Å². The van der Waals surface area contributed by atoms with Crippen molar-refractivity contribution >= 4 is 23.4 Å². The van der Waals surface area contributed by atoms with Crippen LogP contribution in [-0.4, -0.2) is 124 Å². The molecule has 1 amide bonds. The van der Waals surface area contributed by atoms with Crippen LogP contribution in [0.1, 0.15) is 113 Å². The number of hydrogen-bond acceptors (Lipinski definition) is 12. The van der Waals surface area contributed by atoms with E-state index in [0.717, 1.165) is 0 Å². The Morgan fingerprint density at radius 3 is 2.23 bits per heavy atom. The molecular weight excluding hydrogens is 722 g/mol. The molecule has 4 N–H and O–H groups in total. The molecule has 1 aliphatic carbocycles. The van der Waals surface area contributed by atoms with Crippen LogP contribution in [0.25, 0.3) is 0 Å². The number of cyclic esters (lactones) is 1. The molecule has 3 fully saturated rings. The Labute approximate surface area is 333 Å². The lowest BCUT2D eigenvalue weighted by Gasteiger charge is -2.47. The highest BCUT2D eigenvalue weighted by Gasteiger charge is 2.55. The number of aliphatic hydroxyl groups excluding tert-OH is 3. The molecule has 3 aliphatic heterocycles. The zero-order chi connectivity index (χ0) is 41.6. The highest BCUT2D eigenvalue weighted by molar-refractivity contribution is 6.39. The first-order valence-corrected chi connectivity index (χ1v) is 20.9. The van der Waals surface area contributed by atoms with Crippen LogP contribution in [0.15, 0.2) is 23.3 Å². The summed E-state index contributed by atoms with van der Waals surface area (Å²) >= 11 is 0.